The molecule has 0 radical (unpaired) electrons. The fourth-order valence-electron chi connectivity index (χ4n) is 0.778. The molecular weight excluding hydrogens is 194 g/mol. The second-order valence-corrected chi connectivity index (χ2v) is 3.78. The van der Waals surface area contributed by atoms with E-state index in [0.29, 0.717) is 10.8 Å². The molecule has 1 aromatic carbocycles. The average molecular weight is 202 g/mol. The summed E-state index contributed by atoms with van der Waals surface area (Å²) in [6, 6.07) is 7.04. The van der Waals surface area contributed by atoms with Crippen molar-refractivity contribution in [3.05, 3.63) is 29.8 Å². The van der Waals surface area contributed by atoms with Crippen molar-refractivity contribution in [2.24, 2.45) is 5.73 Å². The second kappa shape index (κ2) is 4.38. The minimum atomic E-state index is -0.405. The quantitative estimate of drug-likeness (QED) is 0.601. The number of halogens is 1. The third-order valence-corrected chi connectivity index (χ3v) is 2.40. The van der Waals surface area contributed by atoms with Crippen LogP contribution in [0, 0.1) is 0 Å². The Kier molecular flexibility index (Phi) is 3.44. The number of hydrogen-bond donors (Lipinski definition) is 1. The lowest BCUT2D eigenvalue weighted by Crippen LogP contribution is -2.10. The highest BCUT2D eigenvalue weighted by Crippen LogP contribution is 2.18. The summed E-state index contributed by atoms with van der Waals surface area (Å²) in [6.45, 7) is 0. The van der Waals surface area contributed by atoms with Gasteiger partial charge in [0.1, 0.15) is 0 Å². The predicted molar refractivity (Wildman–Crippen MR) is 51.5 cm³/mol. The standard InChI is InChI=1S/C8H8ClNOS/c9-5-12-7-3-1-6(2-4-7)8(10)11/h1-4H,5H2,(H2,10,11). The Morgan fingerprint density at radius 1 is 1.42 bits per heavy atom. The number of carbonyl (C=O) groups is 1. The first kappa shape index (κ1) is 9.42. The molecule has 4 heteroatoms. The van der Waals surface area contributed by atoms with E-state index in [9.17, 15) is 4.79 Å². The number of alkyl halides is 1. The molecule has 2 nitrogen and oxygen atoms in total. The van der Waals surface area contributed by atoms with E-state index in [-0.39, 0.29) is 0 Å². The molecule has 0 heterocycles. The largest absolute Gasteiger partial charge is 0.366 e. The Labute approximate surface area is 80.1 Å². The molecule has 0 aliphatic heterocycles. The van der Waals surface area contributed by atoms with Crippen LogP contribution in [0.2, 0.25) is 0 Å². The van der Waals surface area contributed by atoms with Gasteiger partial charge in [-0.05, 0) is 24.3 Å². The molecule has 0 bridgehead atoms. The Hall–Kier alpha value is -0.670. The van der Waals surface area contributed by atoms with Gasteiger partial charge in [0.2, 0.25) is 5.91 Å². The van der Waals surface area contributed by atoms with E-state index in [1.165, 1.54) is 11.8 Å². The SMILES string of the molecule is NC(=O)c1ccc(SCCl)cc1. The highest BCUT2D eigenvalue weighted by Gasteiger charge is 1.98. The van der Waals surface area contributed by atoms with Crippen LogP contribution in [-0.2, 0) is 0 Å². The van der Waals surface area contributed by atoms with Crippen LogP contribution in [0.15, 0.2) is 29.2 Å². The Bertz CT molecular complexity index is 273. The Balaban J connectivity index is 2.78. The van der Waals surface area contributed by atoms with Gasteiger partial charge in [-0.2, -0.15) is 0 Å². The summed E-state index contributed by atoms with van der Waals surface area (Å²) < 4.78 is 0. The molecule has 64 valence electrons. The van der Waals surface area contributed by atoms with Gasteiger partial charge in [0.05, 0.1) is 5.21 Å². The van der Waals surface area contributed by atoms with Crippen LogP contribution in [0.1, 0.15) is 10.4 Å². The molecule has 1 rings (SSSR count). The van der Waals surface area contributed by atoms with Crippen molar-refractivity contribution in [3.8, 4) is 0 Å². The van der Waals surface area contributed by atoms with Crippen molar-refractivity contribution in [1.82, 2.24) is 0 Å². The van der Waals surface area contributed by atoms with Crippen LogP contribution in [0.25, 0.3) is 0 Å². The molecule has 12 heavy (non-hydrogen) atoms. The monoisotopic (exact) mass is 201 g/mol. The molecular formula is C8H8ClNOS. The Morgan fingerprint density at radius 2 is 2.00 bits per heavy atom. The molecule has 1 amide bonds. The summed E-state index contributed by atoms with van der Waals surface area (Å²) in [6.07, 6.45) is 0. The van der Waals surface area contributed by atoms with Gasteiger partial charge in [0, 0.05) is 10.5 Å². The summed E-state index contributed by atoms with van der Waals surface area (Å²) in [5.41, 5.74) is 5.59. The van der Waals surface area contributed by atoms with Crippen molar-refractivity contribution in [1.29, 1.82) is 0 Å². The zero-order valence-corrected chi connectivity index (χ0v) is 7.86. The average Bonchev–Trinajstić information content (AvgIpc) is 2.06. The van der Waals surface area contributed by atoms with Gasteiger partial charge >= 0.3 is 0 Å². The van der Waals surface area contributed by atoms with E-state index in [1.807, 2.05) is 12.1 Å². The van der Waals surface area contributed by atoms with Crippen molar-refractivity contribution in [3.63, 3.8) is 0 Å². The number of primary amides is 1. The van der Waals surface area contributed by atoms with Crippen LogP contribution in [0.4, 0.5) is 0 Å². The molecule has 0 saturated heterocycles. The van der Waals surface area contributed by atoms with E-state index in [0.717, 1.165) is 4.90 Å². The van der Waals surface area contributed by atoms with Crippen molar-refractivity contribution >= 4 is 29.3 Å². The third kappa shape index (κ3) is 2.43. The molecule has 0 unspecified atom stereocenters. The van der Waals surface area contributed by atoms with E-state index >= 15 is 0 Å². The summed E-state index contributed by atoms with van der Waals surface area (Å²) in [5.74, 6) is -0.405. The van der Waals surface area contributed by atoms with Crippen molar-refractivity contribution in [2.45, 2.75) is 4.90 Å². The van der Waals surface area contributed by atoms with Gasteiger partial charge in [0.25, 0.3) is 0 Å². The van der Waals surface area contributed by atoms with Crippen molar-refractivity contribution in [2.75, 3.05) is 5.21 Å². The smallest absolute Gasteiger partial charge is 0.248 e. The third-order valence-electron chi connectivity index (χ3n) is 1.36. The number of carbonyl (C=O) groups excluding carboxylic acids is 1. The number of thioether (sulfide) groups is 1. The van der Waals surface area contributed by atoms with Crippen LogP contribution >= 0.6 is 23.4 Å². The maximum atomic E-state index is 10.7. The number of nitrogens with two attached hydrogens (primary N) is 1. The minimum absolute atomic E-state index is 0.405. The second-order valence-electron chi connectivity index (χ2n) is 2.14. The molecule has 0 spiro atoms. The van der Waals surface area contributed by atoms with E-state index in [1.54, 1.807) is 12.1 Å². The zero-order valence-electron chi connectivity index (χ0n) is 6.29. The molecule has 2 N–H and O–H groups in total. The van der Waals surface area contributed by atoms with Gasteiger partial charge in [-0.1, -0.05) is 0 Å². The highest BCUT2D eigenvalue weighted by molar-refractivity contribution is 8.00. The van der Waals surface area contributed by atoms with Crippen LogP contribution in [0.5, 0.6) is 0 Å². The Morgan fingerprint density at radius 3 is 2.42 bits per heavy atom. The van der Waals surface area contributed by atoms with E-state index in [4.69, 9.17) is 17.3 Å². The molecule has 0 fully saturated rings. The van der Waals surface area contributed by atoms with E-state index in [2.05, 4.69) is 0 Å². The fourth-order valence-corrected chi connectivity index (χ4v) is 1.61. The number of benzene rings is 1. The van der Waals surface area contributed by atoms with Gasteiger partial charge < -0.3 is 5.73 Å². The first-order chi connectivity index (χ1) is 5.74. The lowest BCUT2D eigenvalue weighted by Gasteiger charge is -1.97. The number of hydrogen-bond acceptors (Lipinski definition) is 2. The lowest BCUT2D eigenvalue weighted by atomic mass is 10.2. The number of rotatable bonds is 3. The summed E-state index contributed by atoms with van der Waals surface area (Å²) in [5, 5.41) is 0.510. The van der Waals surface area contributed by atoms with Gasteiger partial charge in [-0.3, -0.25) is 4.79 Å². The predicted octanol–water partition coefficient (Wildman–Crippen LogP) is 2.07. The normalized spacial score (nSPS) is 9.75. The van der Waals surface area contributed by atoms with Crippen LogP contribution < -0.4 is 5.73 Å². The van der Waals surface area contributed by atoms with Crippen molar-refractivity contribution < 1.29 is 4.79 Å². The lowest BCUT2D eigenvalue weighted by molar-refractivity contribution is 0.100. The minimum Gasteiger partial charge on any atom is -0.366 e. The highest BCUT2D eigenvalue weighted by atomic mass is 35.5. The summed E-state index contributed by atoms with van der Waals surface area (Å²) >= 11 is 7.02. The van der Waals surface area contributed by atoms with E-state index < -0.39 is 5.91 Å². The number of amides is 1. The first-order valence-corrected chi connectivity index (χ1v) is 4.84. The fraction of sp³-hybridized carbons (Fsp3) is 0.125. The molecule has 0 atom stereocenters. The topological polar surface area (TPSA) is 43.1 Å². The molecule has 0 saturated carbocycles. The summed E-state index contributed by atoms with van der Waals surface area (Å²) in [4.78, 5) is 11.7. The molecule has 0 aromatic heterocycles. The molecule has 0 aliphatic rings. The van der Waals surface area contributed by atoms with Crippen LogP contribution in [-0.4, -0.2) is 11.1 Å². The van der Waals surface area contributed by atoms with Gasteiger partial charge in [-0.15, -0.1) is 23.4 Å². The maximum absolute atomic E-state index is 10.7. The zero-order chi connectivity index (χ0) is 8.97. The van der Waals surface area contributed by atoms with Gasteiger partial charge in [-0.25, -0.2) is 0 Å². The molecule has 0 aliphatic carbocycles. The van der Waals surface area contributed by atoms with Gasteiger partial charge in [0.15, 0.2) is 0 Å². The van der Waals surface area contributed by atoms with Crippen LogP contribution in [0.3, 0.4) is 0 Å². The first-order valence-electron chi connectivity index (χ1n) is 3.32. The maximum Gasteiger partial charge on any atom is 0.248 e. The molecule has 1 aromatic rings. The summed E-state index contributed by atoms with van der Waals surface area (Å²) in [7, 11) is 0.